The molecule has 0 radical (unpaired) electrons. The third-order valence-electron chi connectivity index (χ3n) is 14.7. The average molecular weight is 1220 g/mol. The minimum atomic E-state index is -1.15. The number of nitrogens with one attached hydrogen (secondary N) is 5. The Hall–Kier alpha value is -6.19. The molecular weight excluding hydrogens is 1100 g/mol. The van der Waals surface area contributed by atoms with Crippen molar-refractivity contribution in [1.29, 1.82) is 0 Å². The summed E-state index contributed by atoms with van der Waals surface area (Å²) in [5, 5.41) is 13.9. The number of allylic oxidation sites excluding steroid dienone is 3. The van der Waals surface area contributed by atoms with E-state index >= 15 is 0 Å². The van der Waals surface area contributed by atoms with Crippen LogP contribution in [0.25, 0.3) is 0 Å². The predicted octanol–water partition coefficient (Wildman–Crippen LogP) is 5.44. The summed E-state index contributed by atoms with van der Waals surface area (Å²) >= 11 is 0. The number of likely N-dealkylation sites (N-methyl/N-ethyl adjacent to an activating group) is 7. The number of hydrogen-bond acceptors (Lipinski definition) is 12. The number of hydrogen-bond donors (Lipinski definition) is 5. The number of rotatable bonds is 36. The molecule has 0 saturated heterocycles. The van der Waals surface area contributed by atoms with Gasteiger partial charge in [0.05, 0.1) is 13.1 Å². The van der Waals surface area contributed by atoms with Crippen molar-refractivity contribution >= 4 is 65.9 Å². The normalized spacial score (nSPS) is 14.7. The highest BCUT2D eigenvalue weighted by molar-refractivity contribution is 5.98. The van der Waals surface area contributed by atoms with Gasteiger partial charge in [-0.3, -0.25) is 47.9 Å². The lowest BCUT2D eigenvalue weighted by Crippen LogP contribution is -2.60. The van der Waals surface area contributed by atoms with Crippen LogP contribution in [0.2, 0.25) is 0 Å². The zero-order chi connectivity index (χ0) is 67.6. The summed E-state index contributed by atoms with van der Waals surface area (Å²) in [6.07, 6.45) is 9.38. The summed E-state index contributed by atoms with van der Waals surface area (Å²) < 4.78 is 0. The quantitative estimate of drug-likeness (QED) is 0.0491. The fourth-order valence-electron chi connectivity index (χ4n) is 9.52. The maximum Gasteiger partial charge on any atom is 0.245 e. The summed E-state index contributed by atoms with van der Waals surface area (Å²) in [6, 6.07) is -8.26. The minimum absolute atomic E-state index is 0.00212. The van der Waals surface area contributed by atoms with Gasteiger partial charge in [-0.2, -0.15) is 0 Å². The molecule has 0 spiro atoms. The lowest BCUT2D eigenvalue weighted by atomic mass is 9.96. The Morgan fingerprint density at radius 1 is 0.465 bits per heavy atom. The van der Waals surface area contributed by atoms with E-state index in [1.807, 2.05) is 74.3 Å². The number of carbonyl (C=O) groups excluding carboxylic acids is 11. The molecule has 0 aliphatic rings. The highest BCUT2D eigenvalue weighted by atomic mass is 16.2. The van der Waals surface area contributed by atoms with Gasteiger partial charge in [-0.25, -0.2) is 0 Å². The van der Waals surface area contributed by atoms with Crippen LogP contribution in [-0.4, -0.2) is 212 Å². The smallest absolute Gasteiger partial charge is 0.245 e. The van der Waals surface area contributed by atoms with E-state index < -0.39 is 108 Å². The zero-order valence-electron chi connectivity index (χ0n) is 57.6. The van der Waals surface area contributed by atoms with Crippen molar-refractivity contribution in [1.82, 2.24) is 56.0 Å². The Morgan fingerprint density at radius 3 is 1.34 bits per heavy atom. The molecule has 0 heterocycles. The van der Waals surface area contributed by atoms with Crippen LogP contribution in [0.3, 0.4) is 0 Å². The van der Waals surface area contributed by atoms with Gasteiger partial charge in [0.1, 0.15) is 55.1 Å². The van der Waals surface area contributed by atoms with Gasteiger partial charge in [-0.05, 0) is 108 Å². The third kappa shape index (κ3) is 29.9. The first-order chi connectivity index (χ1) is 39.9. The van der Waals surface area contributed by atoms with Gasteiger partial charge < -0.3 is 60.8 Å². The van der Waals surface area contributed by atoms with E-state index in [-0.39, 0.29) is 67.3 Å². The van der Waals surface area contributed by atoms with Gasteiger partial charge in [-0.1, -0.05) is 128 Å². The zero-order valence-corrected chi connectivity index (χ0v) is 57.6. The topological polar surface area (TPSA) is 267 Å². The summed E-state index contributed by atoms with van der Waals surface area (Å²) in [7, 11) is 10.8. The van der Waals surface area contributed by atoms with Crippen molar-refractivity contribution in [3.63, 3.8) is 0 Å². The molecule has 5 N–H and O–H groups in total. The van der Waals surface area contributed by atoms with Crippen LogP contribution >= 0.6 is 0 Å². The molecule has 3 unspecified atom stereocenters. The second kappa shape index (κ2) is 43.4. The van der Waals surface area contributed by atoms with Crippen LogP contribution in [-0.2, 0) is 52.7 Å². The lowest BCUT2D eigenvalue weighted by molar-refractivity contribution is -0.147. The molecule has 0 aliphatic heterocycles. The minimum Gasteiger partial charge on any atom is -0.343 e. The van der Waals surface area contributed by atoms with E-state index in [1.165, 1.54) is 65.9 Å². The standard InChI is InChI=1S/C60H109N11O10.C3H8.CH2O/c1-24-26-27-28-41(13)33-48(68(20)50(72)34-61-17)55(76)64-45(25-2)58(79)66(18)35-51(73)69(21)46(30-37(5)6)56(77)65-52(40(11)12)60(81)70(22)47(31-38(7)8)54(75)62-43(15)53(74)63-44(16)57(78)71(23)49(32-39(9)10)59(80)67(19)42(14)29-36(3)4;1-3-2;1-2/h24,26-27,36-49,52,61H,1,25,28-35H2,2-23H3,(H,62,75)(H,63,74)(H,64,76)(H,65,77);3H2,1-2H3;1H2/b27-26+;;/t41-,42-,43+,44-,45+,46+,47+,48?,49?,52?;;/m1../s1. The lowest BCUT2D eigenvalue weighted by Gasteiger charge is -2.36. The number of nitrogens with zero attached hydrogens (tertiary/aromatic N) is 6. The molecular formula is C64H119N11O11. The van der Waals surface area contributed by atoms with Gasteiger partial charge in [0, 0.05) is 48.3 Å². The highest BCUT2D eigenvalue weighted by Gasteiger charge is 2.40. The fourth-order valence-corrected chi connectivity index (χ4v) is 9.52. The summed E-state index contributed by atoms with van der Waals surface area (Å²) in [6.45, 7) is 37.3. The van der Waals surface area contributed by atoms with Gasteiger partial charge in [0.15, 0.2) is 0 Å². The van der Waals surface area contributed by atoms with E-state index in [0.717, 1.165) is 6.42 Å². The second-order valence-corrected chi connectivity index (χ2v) is 25.1. The third-order valence-corrected chi connectivity index (χ3v) is 14.7. The van der Waals surface area contributed by atoms with Crippen molar-refractivity contribution < 1.29 is 52.7 Å². The van der Waals surface area contributed by atoms with Crippen molar-refractivity contribution in [2.75, 3.05) is 62.4 Å². The molecule has 10 amide bonds. The maximum absolute atomic E-state index is 14.5. The number of carbonyl (C=O) groups is 11. The Balaban J connectivity index is -0.0000133. The first kappa shape index (κ1) is 84.0. The van der Waals surface area contributed by atoms with Crippen molar-refractivity contribution in [3.05, 3.63) is 24.8 Å². The van der Waals surface area contributed by atoms with E-state index in [1.54, 1.807) is 59.9 Å². The molecule has 0 aromatic heterocycles. The van der Waals surface area contributed by atoms with E-state index in [2.05, 4.69) is 60.9 Å². The molecule has 0 saturated carbocycles. The fraction of sp³-hybridized carbons (Fsp3) is 0.766. The SMILES string of the molecule is C=C/C=C/C[C@@H](C)CC(C(=O)N[C@@H](CC)C(=O)N(C)CC(=O)N(C)[C@@H](CC(C)C)C(=O)NC(C(=O)N(C)[C@@H](CC(C)C)C(=O)N[C@@H](C)C(=O)N[C@H](C)C(=O)N(C)C(CC(C)C)C(=O)N(C)[C@H](C)CC(C)C)C(C)C)N(C)C(=O)CNC.C=O.CCC. The van der Waals surface area contributed by atoms with Gasteiger partial charge in [0.25, 0.3) is 0 Å². The van der Waals surface area contributed by atoms with Gasteiger partial charge in [0.2, 0.25) is 59.1 Å². The van der Waals surface area contributed by atoms with E-state index in [9.17, 15) is 47.9 Å². The Bertz CT molecular complexity index is 2150. The molecule has 0 aliphatic carbocycles. The summed E-state index contributed by atoms with van der Waals surface area (Å²) in [5.74, 6) is -5.33. The Kier molecular flexibility index (Phi) is 42.4. The highest BCUT2D eigenvalue weighted by Crippen LogP contribution is 2.21. The van der Waals surface area contributed by atoms with E-state index in [0.29, 0.717) is 25.2 Å². The monoisotopic (exact) mass is 1220 g/mol. The second-order valence-electron chi connectivity index (χ2n) is 25.1. The van der Waals surface area contributed by atoms with Crippen LogP contribution in [0.5, 0.6) is 0 Å². The van der Waals surface area contributed by atoms with Crippen molar-refractivity contribution in [2.24, 2.45) is 35.5 Å². The van der Waals surface area contributed by atoms with Crippen molar-refractivity contribution in [3.8, 4) is 0 Å². The molecule has 0 bridgehead atoms. The van der Waals surface area contributed by atoms with Crippen LogP contribution in [0.15, 0.2) is 24.8 Å². The van der Waals surface area contributed by atoms with Crippen molar-refractivity contribution in [2.45, 2.75) is 223 Å². The summed E-state index contributed by atoms with van der Waals surface area (Å²) in [5.41, 5.74) is 0. The average Bonchev–Trinajstić information content (AvgIpc) is 3.40. The predicted molar refractivity (Wildman–Crippen MR) is 343 cm³/mol. The number of amides is 10. The van der Waals surface area contributed by atoms with Crippen LogP contribution in [0, 0.1) is 35.5 Å². The molecule has 0 rings (SSSR count). The summed E-state index contributed by atoms with van der Waals surface area (Å²) in [4.78, 5) is 155. The van der Waals surface area contributed by atoms with Gasteiger partial charge in [-0.15, -0.1) is 0 Å². The molecule has 86 heavy (non-hydrogen) atoms. The van der Waals surface area contributed by atoms with Crippen LogP contribution in [0.4, 0.5) is 0 Å². The first-order valence-corrected chi connectivity index (χ1v) is 30.9. The molecule has 22 nitrogen and oxygen atoms in total. The molecule has 22 heteroatoms. The molecule has 0 aromatic rings. The molecule has 496 valence electrons. The largest absolute Gasteiger partial charge is 0.343 e. The Labute approximate surface area is 518 Å². The van der Waals surface area contributed by atoms with E-state index in [4.69, 9.17) is 4.79 Å². The molecule has 0 fully saturated rings. The maximum atomic E-state index is 14.5. The Morgan fingerprint density at radius 2 is 0.884 bits per heavy atom. The molecule has 10 atom stereocenters. The van der Waals surface area contributed by atoms with Gasteiger partial charge >= 0.3 is 0 Å². The van der Waals surface area contributed by atoms with Crippen LogP contribution in [0.1, 0.15) is 169 Å². The first-order valence-electron chi connectivity index (χ1n) is 30.9. The molecule has 0 aromatic carbocycles. The van der Waals surface area contributed by atoms with Crippen LogP contribution < -0.4 is 26.6 Å².